The summed E-state index contributed by atoms with van der Waals surface area (Å²) in [5.74, 6) is 0.212. The standard InChI is InChI=1S/C18H20F3N3O4/c1-2-27-16(25)9-14-11-26-8-7-24(14)10-15-22-17(23-28-15)12-3-5-13(6-4-12)18(19,20)21/h3-6,14H,2,7-11H2,1H3/t14-/m0/s1. The molecule has 1 aromatic heterocycles. The van der Waals surface area contributed by atoms with Crippen LogP contribution in [0, 0.1) is 0 Å². The number of rotatable bonds is 6. The molecule has 1 aromatic carbocycles. The summed E-state index contributed by atoms with van der Waals surface area (Å²) in [5.41, 5.74) is -0.317. The lowest BCUT2D eigenvalue weighted by Gasteiger charge is -2.33. The number of hydrogen-bond acceptors (Lipinski definition) is 7. The summed E-state index contributed by atoms with van der Waals surface area (Å²) in [6.07, 6.45) is -4.21. The van der Waals surface area contributed by atoms with Gasteiger partial charge in [0.15, 0.2) is 0 Å². The van der Waals surface area contributed by atoms with Gasteiger partial charge in [-0.15, -0.1) is 0 Å². The van der Waals surface area contributed by atoms with Crippen LogP contribution in [0.3, 0.4) is 0 Å². The summed E-state index contributed by atoms with van der Waals surface area (Å²) in [6.45, 7) is 3.85. The fourth-order valence-corrected chi connectivity index (χ4v) is 2.92. The maximum Gasteiger partial charge on any atom is 0.416 e. The molecule has 1 atom stereocenters. The topological polar surface area (TPSA) is 77.7 Å². The minimum absolute atomic E-state index is 0.172. The smallest absolute Gasteiger partial charge is 0.416 e. The Hall–Kier alpha value is -2.46. The van der Waals surface area contributed by atoms with Gasteiger partial charge in [0.1, 0.15) is 0 Å². The van der Waals surface area contributed by atoms with Crippen molar-refractivity contribution < 1.29 is 32.0 Å². The lowest BCUT2D eigenvalue weighted by molar-refractivity contribution is -0.146. The van der Waals surface area contributed by atoms with Gasteiger partial charge in [-0.25, -0.2) is 0 Å². The van der Waals surface area contributed by atoms with Crippen molar-refractivity contribution in [2.45, 2.75) is 32.1 Å². The molecule has 0 aliphatic carbocycles. The SMILES string of the molecule is CCOC(=O)C[C@H]1COCCN1Cc1nc(-c2ccc(C(F)(F)F)cc2)no1. The molecule has 0 unspecified atom stereocenters. The predicted octanol–water partition coefficient (Wildman–Crippen LogP) is 2.91. The number of benzene rings is 1. The van der Waals surface area contributed by atoms with Gasteiger partial charge in [0.05, 0.1) is 38.3 Å². The molecule has 3 rings (SSSR count). The quantitative estimate of drug-likeness (QED) is 0.691. The summed E-state index contributed by atoms with van der Waals surface area (Å²) in [4.78, 5) is 18.0. The molecule has 0 spiro atoms. The van der Waals surface area contributed by atoms with Crippen LogP contribution in [0.15, 0.2) is 28.8 Å². The molecule has 1 saturated heterocycles. The third kappa shape index (κ3) is 5.08. The third-order valence-electron chi connectivity index (χ3n) is 4.33. The largest absolute Gasteiger partial charge is 0.466 e. The van der Waals surface area contributed by atoms with Gasteiger partial charge in [-0.2, -0.15) is 18.2 Å². The van der Waals surface area contributed by atoms with E-state index in [9.17, 15) is 18.0 Å². The Bertz CT molecular complexity index is 792. The van der Waals surface area contributed by atoms with Gasteiger partial charge >= 0.3 is 12.1 Å². The molecule has 0 saturated carbocycles. The van der Waals surface area contributed by atoms with Crippen LogP contribution in [0.25, 0.3) is 11.4 Å². The van der Waals surface area contributed by atoms with Crippen molar-refractivity contribution in [1.29, 1.82) is 0 Å². The number of alkyl halides is 3. The van der Waals surface area contributed by atoms with Crippen LogP contribution in [0.2, 0.25) is 0 Å². The Kier molecular flexibility index (Phi) is 6.30. The Balaban J connectivity index is 1.66. The number of hydrogen-bond donors (Lipinski definition) is 0. The highest BCUT2D eigenvalue weighted by Gasteiger charge is 2.30. The zero-order chi connectivity index (χ0) is 20.1. The van der Waals surface area contributed by atoms with Gasteiger partial charge < -0.3 is 14.0 Å². The van der Waals surface area contributed by atoms with Crippen molar-refractivity contribution in [2.24, 2.45) is 0 Å². The van der Waals surface area contributed by atoms with Crippen LogP contribution in [0.4, 0.5) is 13.2 Å². The van der Waals surface area contributed by atoms with Crippen LogP contribution >= 0.6 is 0 Å². The lowest BCUT2D eigenvalue weighted by atomic mass is 10.1. The summed E-state index contributed by atoms with van der Waals surface area (Å²) >= 11 is 0. The molecule has 7 nitrogen and oxygen atoms in total. The molecular formula is C18H20F3N3O4. The van der Waals surface area contributed by atoms with Crippen LogP contribution in [-0.2, 0) is 27.0 Å². The van der Waals surface area contributed by atoms with Crippen molar-refractivity contribution >= 4 is 5.97 Å². The van der Waals surface area contributed by atoms with Crippen LogP contribution in [0.5, 0.6) is 0 Å². The number of ether oxygens (including phenoxy) is 2. The summed E-state index contributed by atoms with van der Waals surface area (Å²) in [7, 11) is 0. The fraction of sp³-hybridized carbons (Fsp3) is 0.500. The highest BCUT2D eigenvalue weighted by Crippen LogP contribution is 2.30. The van der Waals surface area contributed by atoms with E-state index in [0.29, 0.717) is 44.4 Å². The number of morpholine rings is 1. The van der Waals surface area contributed by atoms with Crippen molar-refractivity contribution in [3.8, 4) is 11.4 Å². The lowest BCUT2D eigenvalue weighted by Crippen LogP contribution is -2.46. The fourth-order valence-electron chi connectivity index (χ4n) is 2.92. The number of carbonyl (C=O) groups is 1. The number of carbonyl (C=O) groups excluding carboxylic acids is 1. The van der Waals surface area contributed by atoms with E-state index in [2.05, 4.69) is 10.1 Å². The normalized spacial score (nSPS) is 18.2. The molecule has 2 aromatic rings. The van der Waals surface area contributed by atoms with Gasteiger partial charge in [-0.1, -0.05) is 17.3 Å². The molecule has 1 fully saturated rings. The molecule has 10 heteroatoms. The Morgan fingerprint density at radius 3 is 2.75 bits per heavy atom. The minimum atomic E-state index is -4.40. The van der Waals surface area contributed by atoms with Crippen LogP contribution in [-0.4, -0.2) is 53.4 Å². The van der Waals surface area contributed by atoms with Crippen LogP contribution < -0.4 is 0 Å². The molecule has 0 radical (unpaired) electrons. The summed E-state index contributed by atoms with van der Waals surface area (Å²) in [5, 5.41) is 3.84. The summed E-state index contributed by atoms with van der Waals surface area (Å²) in [6, 6.07) is 4.38. The average molecular weight is 399 g/mol. The first-order valence-corrected chi connectivity index (χ1v) is 8.84. The van der Waals surface area contributed by atoms with E-state index in [1.54, 1.807) is 6.92 Å². The first-order chi connectivity index (χ1) is 13.4. The number of halogens is 3. The van der Waals surface area contributed by atoms with Crippen molar-refractivity contribution in [3.05, 3.63) is 35.7 Å². The van der Waals surface area contributed by atoms with Gasteiger partial charge in [0.25, 0.3) is 0 Å². The number of aromatic nitrogens is 2. The number of nitrogens with zero attached hydrogens (tertiary/aromatic N) is 3. The Morgan fingerprint density at radius 1 is 1.32 bits per heavy atom. The van der Waals surface area contributed by atoms with Crippen molar-refractivity contribution in [1.82, 2.24) is 15.0 Å². The molecular weight excluding hydrogens is 379 g/mol. The van der Waals surface area contributed by atoms with E-state index < -0.39 is 11.7 Å². The monoisotopic (exact) mass is 399 g/mol. The first-order valence-electron chi connectivity index (χ1n) is 8.84. The van der Waals surface area contributed by atoms with Gasteiger partial charge in [0.2, 0.25) is 11.7 Å². The Morgan fingerprint density at radius 2 is 2.07 bits per heavy atom. The second-order valence-corrected chi connectivity index (χ2v) is 6.30. The van der Waals surface area contributed by atoms with E-state index in [1.165, 1.54) is 12.1 Å². The van der Waals surface area contributed by atoms with E-state index in [0.717, 1.165) is 12.1 Å². The van der Waals surface area contributed by atoms with Crippen molar-refractivity contribution in [3.63, 3.8) is 0 Å². The molecule has 1 aliphatic heterocycles. The molecule has 0 amide bonds. The van der Waals surface area contributed by atoms with E-state index in [4.69, 9.17) is 14.0 Å². The molecule has 0 bridgehead atoms. The van der Waals surface area contributed by atoms with Crippen molar-refractivity contribution in [2.75, 3.05) is 26.4 Å². The molecule has 0 N–H and O–H groups in total. The van der Waals surface area contributed by atoms with E-state index in [-0.39, 0.29) is 24.3 Å². The molecule has 28 heavy (non-hydrogen) atoms. The van der Waals surface area contributed by atoms with Gasteiger partial charge in [-0.05, 0) is 19.1 Å². The second kappa shape index (κ2) is 8.70. The molecule has 2 heterocycles. The number of esters is 1. The maximum absolute atomic E-state index is 12.7. The van der Waals surface area contributed by atoms with E-state index >= 15 is 0 Å². The summed E-state index contributed by atoms with van der Waals surface area (Å²) < 4.78 is 53.6. The Labute approximate surface area is 159 Å². The second-order valence-electron chi connectivity index (χ2n) is 6.30. The van der Waals surface area contributed by atoms with E-state index in [1.807, 2.05) is 4.90 Å². The highest BCUT2D eigenvalue weighted by molar-refractivity contribution is 5.70. The van der Waals surface area contributed by atoms with Gasteiger partial charge in [-0.3, -0.25) is 9.69 Å². The zero-order valence-electron chi connectivity index (χ0n) is 15.2. The maximum atomic E-state index is 12.7. The predicted molar refractivity (Wildman–Crippen MR) is 91.0 cm³/mol. The molecule has 152 valence electrons. The minimum Gasteiger partial charge on any atom is -0.466 e. The first kappa shape index (κ1) is 20.3. The highest BCUT2D eigenvalue weighted by atomic mass is 19.4. The van der Waals surface area contributed by atoms with Crippen LogP contribution in [0.1, 0.15) is 24.8 Å². The zero-order valence-corrected chi connectivity index (χ0v) is 15.2. The van der Waals surface area contributed by atoms with Gasteiger partial charge in [0, 0.05) is 18.2 Å². The molecule has 1 aliphatic rings. The average Bonchev–Trinajstić information content (AvgIpc) is 3.11. The third-order valence-corrected chi connectivity index (χ3v) is 4.33.